The SMILES string of the molecule is C=C/C=C(\C=C)C(C)NC(=O)C(c1ccc(Cl)cc1)N(C(=O)CCc1ccc(OCCCCN(C)CCOCCOCCc2cn(CCOCCOc3ccc(NC(=O)Nc4nc(CC(=O)N5CCN(C)CC5)cs4)cc3)nn2)cc1)C1CC1. The van der Waals surface area contributed by atoms with Gasteiger partial charge in [0.15, 0.2) is 5.13 Å². The van der Waals surface area contributed by atoms with E-state index in [0.29, 0.717) is 118 Å². The molecular formula is C62H82ClN11O9S. The van der Waals surface area contributed by atoms with Crippen molar-refractivity contribution in [1.29, 1.82) is 0 Å². The van der Waals surface area contributed by atoms with Crippen LogP contribution in [0, 0.1) is 0 Å². The summed E-state index contributed by atoms with van der Waals surface area (Å²) < 4.78 is 30.9. The highest BCUT2D eigenvalue weighted by atomic mass is 35.5. The van der Waals surface area contributed by atoms with Crippen molar-refractivity contribution < 1.29 is 42.9 Å². The summed E-state index contributed by atoms with van der Waals surface area (Å²) in [6.07, 6.45) is 12.3. The van der Waals surface area contributed by atoms with E-state index in [-0.39, 0.29) is 42.6 Å². The third-order valence-electron chi connectivity index (χ3n) is 14.2. The minimum Gasteiger partial charge on any atom is -0.494 e. The lowest BCUT2D eigenvalue weighted by Gasteiger charge is -2.33. The van der Waals surface area contributed by atoms with Gasteiger partial charge < -0.3 is 53.9 Å². The van der Waals surface area contributed by atoms with Gasteiger partial charge in [-0.2, -0.15) is 0 Å². The van der Waals surface area contributed by atoms with Crippen LogP contribution in [0.1, 0.15) is 67.6 Å². The summed E-state index contributed by atoms with van der Waals surface area (Å²) in [7, 11) is 4.14. The fraction of sp³-hybridized carbons (Fsp3) is 0.468. The van der Waals surface area contributed by atoms with E-state index in [4.69, 9.17) is 35.3 Å². The van der Waals surface area contributed by atoms with Crippen LogP contribution in [0.5, 0.6) is 11.5 Å². The van der Waals surface area contributed by atoms with Gasteiger partial charge in [0, 0.05) is 73.9 Å². The number of carbonyl (C=O) groups excluding carboxylic acids is 4. The van der Waals surface area contributed by atoms with E-state index < -0.39 is 12.1 Å². The Kier molecular flexibility index (Phi) is 26.7. The van der Waals surface area contributed by atoms with Crippen molar-refractivity contribution in [2.24, 2.45) is 0 Å². The number of benzene rings is 3. The zero-order valence-corrected chi connectivity index (χ0v) is 50.3. The summed E-state index contributed by atoms with van der Waals surface area (Å²) in [6, 6.07) is 20.5. The maximum Gasteiger partial charge on any atom is 0.325 e. The summed E-state index contributed by atoms with van der Waals surface area (Å²) in [6.45, 7) is 18.9. The number of unbranched alkanes of at least 4 members (excludes halogenated alkanes) is 1. The molecule has 7 rings (SSSR count). The highest BCUT2D eigenvalue weighted by molar-refractivity contribution is 7.14. The molecule has 0 spiro atoms. The van der Waals surface area contributed by atoms with Gasteiger partial charge in [-0.1, -0.05) is 72.5 Å². The Labute approximate surface area is 503 Å². The zero-order valence-electron chi connectivity index (χ0n) is 48.8. The average molecular weight is 1190 g/mol. The minimum atomic E-state index is -0.796. The molecule has 84 heavy (non-hydrogen) atoms. The van der Waals surface area contributed by atoms with Crippen LogP contribution in [-0.4, -0.2) is 182 Å². The van der Waals surface area contributed by atoms with Gasteiger partial charge in [0.05, 0.1) is 76.6 Å². The normalized spacial score (nSPS) is 14.4. The van der Waals surface area contributed by atoms with Crippen LogP contribution in [0.3, 0.4) is 0 Å². The summed E-state index contributed by atoms with van der Waals surface area (Å²) in [5.74, 6) is 1.16. The monoisotopic (exact) mass is 1190 g/mol. The van der Waals surface area contributed by atoms with Crippen molar-refractivity contribution in [2.45, 2.75) is 83.0 Å². The van der Waals surface area contributed by atoms with Crippen LogP contribution in [-0.2, 0) is 54.4 Å². The van der Waals surface area contributed by atoms with Gasteiger partial charge in [-0.15, -0.1) is 16.4 Å². The van der Waals surface area contributed by atoms with E-state index in [1.807, 2.05) is 67.5 Å². The summed E-state index contributed by atoms with van der Waals surface area (Å²) in [4.78, 5) is 65.7. The molecule has 22 heteroatoms. The smallest absolute Gasteiger partial charge is 0.325 e. The molecule has 1 aliphatic carbocycles. The highest BCUT2D eigenvalue weighted by Crippen LogP contribution is 2.36. The number of aromatic nitrogens is 4. The van der Waals surface area contributed by atoms with Crippen molar-refractivity contribution in [1.82, 2.24) is 44.9 Å². The van der Waals surface area contributed by atoms with Crippen molar-refractivity contribution in [3.8, 4) is 11.5 Å². The van der Waals surface area contributed by atoms with Crippen LogP contribution in [0.15, 0.2) is 121 Å². The lowest BCUT2D eigenvalue weighted by Crippen LogP contribution is -2.47. The van der Waals surface area contributed by atoms with Crippen molar-refractivity contribution in [3.05, 3.63) is 149 Å². The Balaban J connectivity index is 0.664. The number of carbonyl (C=O) groups is 4. The first-order valence-electron chi connectivity index (χ1n) is 28.9. The molecule has 1 saturated carbocycles. The average Bonchev–Trinajstić information content (AvgIpc) is 2.82. The lowest BCUT2D eigenvalue weighted by atomic mass is 10.0. The molecule has 0 bridgehead atoms. The Morgan fingerprint density at radius 2 is 1.49 bits per heavy atom. The molecule has 5 aromatic rings. The fourth-order valence-electron chi connectivity index (χ4n) is 9.24. The van der Waals surface area contributed by atoms with Crippen LogP contribution in [0.25, 0.3) is 0 Å². The van der Waals surface area contributed by atoms with E-state index in [2.05, 4.69) is 61.3 Å². The predicted molar refractivity (Wildman–Crippen MR) is 328 cm³/mol. The topological polar surface area (TPSA) is 207 Å². The summed E-state index contributed by atoms with van der Waals surface area (Å²) in [5.41, 5.74) is 4.63. The fourth-order valence-corrected chi connectivity index (χ4v) is 10.1. The number of amides is 5. The van der Waals surface area contributed by atoms with Gasteiger partial charge in [0.2, 0.25) is 17.7 Å². The molecule has 0 radical (unpaired) electrons. The van der Waals surface area contributed by atoms with E-state index in [1.165, 1.54) is 11.3 Å². The molecule has 1 saturated heterocycles. The van der Waals surface area contributed by atoms with E-state index in [9.17, 15) is 19.2 Å². The highest BCUT2D eigenvalue weighted by Gasteiger charge is 2.41. The quantitative estimate of drug-likeness (QED) is 0.0253. The second-order valence-corrected chi connectivity index (χ2v) is 22.1. The number of thiazole rings is 1. The van der Waals surface area contributed by atoms with Gasteiger partial charge in [-0.05, 0) is 125 Å². The number of urea groups is 1. The van der Waals surface area contributed by atoms with E-state index in [1.54, 1.807) is 63.5 Å². The molecule has 2 fully saturated rings. The third-order valence-corrected chi connectivity index (χ3v) is 15.3. The number of piperazine rings is 1. The number of anilines is 2. The molecule has 1 aliphatic heterocycles. The minimum absolute atomic E-state index is 0.00260. The molecule has 2 unspecified atom stereocenters. The first-order valence-corrected chi connectivity index (χ1v) is 30.2. The van der Waals surface area contributed by atoms with Gasteiger partial charge in [-0.25, -0.2) is 14.5 Å². The summed E-state index contributed by atoms with van der Waals surface area (Å²) in [5, 5.41) is 19.9. The maximum atomic E-state index is 14.0. The number of ether oxygens (including phenoxy) is 5. The number of likely N-dealkylation sites (N-methyl/N-ethyl adjacent to an activating group) is 2. The molecule has 3 aromatic carbocycles. The van der Waals surface area contributed by atoms with Crippen LogP contribution in [0.4, 0.5) is 15.6 Å². The number of allylic oxidation sites excluding steroid dienone is 2. The molecule has 3 N–H and O–H groups in total. The third kappa shape index (κ3) is 22.2. The molecule has 2 atom stereocenters. The molecule has 20 nitrogen and oxygen atoms in total. The zero-order chi connectivity index (χ0) is 59.5. The van der Waals surface area contributed by atoms with Gasteiger partial charge in [0.25, 0.3) is 0 Å². The van der Waals surface area contributed by atoms with Crippen LogP contribution in [0.2, 0.25) is 5.02 Å². The number of rotatable bonds is 37. The Morgan fingerprint density at radius 3 is 2.20 bits per heavy atom. The number of nitrogens with one attached hydrogen (secondary N) is 3. The lowest BCUT2D eigenvalue weighted by molar-refractivity contribution is -0.141. The molecule has 3 heterocycles. The number of halogens is 1. The van der Waals surface area contributed by atoms with Crippen molar-refractivity contribution in [3.63, 3.8) is 0 Å². The van der Waals surface area contributed by atoms with Gasteiger partial charge in [0.1, 0.15) is 24.1 Å². The second-order valence-electron chi connectivity index (χ2n) is 20.8. The molecule has 2 aromatic heterocycles. The Morgan fingerprint density at radius 1 is 0.798 bits per heavy atom. The largest absolute Gasteiger partial charge is 0.494 e. The van der Waals surface area contributed by atoms with Crippen LogP contribution < -0.4 is 25.4 Å². The van der Waals surface area contributed by atoms with E-state index in [0.717, 1.165) is 74.4 Å². The standard InChI is InChI=1S/C62H82ClN11O9S/c1-6-10-48(7-2)46(3)64-60(77)59(49-14-16-50(63)17-15-49)74(54-20-21-54)57(75)26-13-47-11-22-55(23-12-47)82-35-9-8-28-70(4)33-37-80-40-39-79-36-27-52-44-73(69-68-52)34-38-81-41-42-83-56-24-18-51(19-25-56)65-61(78)67-62-66-53(45-84-62)43-58(76)72-31-29-71(5)30-32-72/h6-7,10-12,14-19,22-25,44-46,54,59H,1-2,8-9,13,20-21,26-43H2,3-5H3,(H,64,77)(H2,65,66,67,78)/b48-10+. The first kappa shape index (κ1) is 64.6. The number of aryl methyl sites for hydroxylation is 1. The number of hydrogen-bond acceptors (Lipinski definition) is 15. The number of hydrogen-bond donors (Lipinski definition) is 3. The van der Waals surface area contributed by atoms with Gasteiger partial charge >= 0.3 is 6.03 Å². The molecule has 5 amide bonds. The Hall–Kier alpha value is -6.98. The van der Waals surface area contributed by atoms with Crippen molar-refractivity contribution in [2.75, 3.05) is 117 Å². The Bertz CT molecular complexity index is 2870. The molecule has 452 valence electrons. The van der Waals surface area contributed by atoms with Crippen LogP contribution >= 0.6 is 22.9 Å². The predicted octanol–water partition coefficient (Wildman–Crippen LogP) is 8.28. The summed E-state index contributed by atoms with van der Waals surface area (Å²) >= 11 is 7.50. The molecular weight excluding hydrogens is 1110 g/mol. The first-order chi connectivity index (χ1) is 40.8. The molecule has 2 aliphatic rings. The van der Waals surface area contributed by atoms with Gasteiger partial charge in [-0.3, -0.25) is 19.7 Å². The van der Waals surface area contributed by atoms with E-state index >= 15 is 0 Å². The maximum absolute atomic E-state index is 14.0. The number of nitrogens with zero attached hydrogens (tertiary/aromatic N) is 8. The second kappa shape index (κ2) is 34.7. The van der Waals surface area contributed by atoms with Crippen molar-refractivity contribution >= 4 is 57.5 Å².